The van der Waals surface area contributed by atoms with Gasteiger partial charge in [0.1, 0.15) is 0 Å². The SMILES string of the molecule is COc1cccc(C(NN)C2CSc3ccccc32)c1F. The molecule has 2 unspecified atom stereocenters. The van der Waals surface area contributed by atoms with E-state index in [-0.39, 0.29) is 23.5 Å². The van der Waals surface area contributed by atoms with Crippen LogP contribution in [-0.4, -0.2) is 12.9 Å². The monoisotopic (exact) mass is 304 g/mol. The molecule has 0 saturated heterocycles. The van der Waals surface area contributed by atoms with Crippen LogP contribution in [0, 0.1) is 5.82 Å². The molecule has 1 aliphatic rings. The molecule has 110 valence electrons. The summed E-state index contributed by atoms with van der Waals surface area (Å²) in [5.41, 5.74) is 4.54. The summed E-state index contributed by atoms with van der Waals surface area (Å²) in [6, 6.07) is 13.1. The zero-order valence-corrected chi connectivity index (χ0v) is 12.5. The van der Waals surface area contributed by atoms with Gasteiger partial charge in [-0.05, 0) is 17.7 Å². The Kier molecular flexibility index (Phi) is 4.14. The largest absolute Gasteiger partial charge is 0.494 e. The average molecular weight is 304 g/mol. The fourth-order valence-corrected chi connectivity index (χ4v) is 4.10. The van der Waals surface area contributed by atoms with Gasteiger partial charge in [0.05, 0.1) is 13.2 Å². The summed E-state index contributed by atoms with van der Waals surface area (Å²) in [5, 5.41) is 0. The van der Waals surface area contributed by atoms with Crippen LogP contribution in [0.3, 0.4) is 0 Å². The van der Waals surface area contributed by atoms with Crippen molar-refractivity contribution in [2.24, 2.45) is 5.84 Å². The Bertz CT molecular complexity index is 650. The molecule has 1 aliphatic heterocycles. The highest BCUT2D eigenvalue weighted by molar-refractivity contribution is 7.99. The van der Waals surface area contributed by atoms with Gasteiger partial charge in [0.15, 0.2) is 11.6 Å². The van der Waals surface area contributed by atoms with E-state index in [1.807, 2.05) is 12.1 Å². The van der Waals surface area contributed by atoms with Gasteiger partial charge in [0, 0.05) is 22.1 Å². The lowest BCUT2D eigenvalue weighted by Crippen LogP contribution is -2.33. The zero-order chi connectivity index (χ0) is 14.8. The van der Waals surface area contributed by atoms with Gasteiger partial charge in [0.25, 0.3) is 0 Å². The van der Waals surface area contributed by atoms with E-state index in [9.17, 15) is 4.39 Å². The van der Waals surface area contributed by atoms with Crippen molar-refractivity contribution < 1.29 is 9.13 Å². The number of hydrogen-bond donors (Lipinski definition) is 2. The summed E-state index contributed by atoms with van der Waals surface area (Å²) in [6.07, 6.45) is 0. The first-order valence-electron chi connectivity index (χ1n) is 6.76. The molecule has 5 heteroatoms. The van der Waals surface area contributed by atoms with Crippen LogP contribution in [-0.2, 0) is 0 Å². The minimum absolute atomic E-state index is 0.137. The molecule has 21 heavy (non-hydrogen) atoms. The number of hydrazine groups is 1. The van der Waals surface area contributed by atoms with Crippen molar-refractivity contribution in [2.45, 2.75) is 16.9 Å². The molecule has 0 amide bonds. The number of benzene rings is 2. The maximum atomic E-state index is 14.5. The molecule has 0 aromatic heterocycles. The van der Waals surface area contributed by atoms with Crippen molar-refractivity contribution in [1.82, 2.24) is 5.43 Å². The van der Waals surface area contributed by atoms with Crippen LogP contribution in [0.4, 0.5) is 4.39 Å². The van der Waals surface area contributed by atoms with Crippen LogP contribution >= 0.6 is 11.8 Å². The molecule has 3 nitrogen and oxygen atoms in total. The molecule has 2 atom stereocenters. The van der Waals surface area contributed by atoms with E-state index in [4.69, 9.17) is 10.6 Å². The molecule has 1 heterocycles. The van der Waals surface area contributed by atoms with E-state index >= 15 is 0 Å². The molecule has 0 radical (unpaired) electrons. The van der Waals surface area contributed by atoms with Crippen LogP contribution in [0.5, 0.6) is 5.75 Å². The van der Waals surface area contributed by atoms with Crippen LogP contribution in [0.2, 0.25) is 0 Å². The Labute approximate surface area is 127 Å². The molecule has 0 bridgehead atoms. The fourth-order valence-electron chi connectivity index (χ4n) is 2.81. The fraction of sp³-hybridized carbons (Fsp3) is 0.250. The summed E-state index contributed by atoms with van der Waals surface area (Å²) in [4.78, 5) is 1.24. The van der Waals surface area contributed by atoms with Crippen molar-refractivity contribution in [2.75, 3.05) is 12.9 Å². The summed E-state index contributed by atoms with van der Waals surface area (Å²) >= 11 is 1.78. The number of rotatable bonds is 4. The van der Waals surface area contributed by atoms with Gasteiger partial charge in [0.2, 0.25) is 0 Å². The van der Waals surface area contributed by atoms with Crippen LogP contribution in [0.25, 0.3) is 0 Å². The molecule has 0 fully saturated rings. The highest BCUT2D eigenvalue weighted by atomic mass is 32.2. The van der Waals surface area contributed by atoms with Gasteiger partial charge in [-0.3, -0.25) is 11.3 Å². The second kappa shape index (κ2) is 6.05. The average Bonchev–Trinajstić information content (AvgIpc) is 2.94. The summed E-state index contributed by atoms with van der Waals surface area (Å²) in [6.45, 7) is 0. The number of thioether (sulfide) groups is 1. The summed E-state index contributed by atoms with van der Waals surface area (Å²) < 4.78 is 19.6. The number of ether oxygens (including phenoxy) is 1. The molecule has 3 N–H and O–H groups in total. The number of methoxy groups -OCH3 is 1. The van der Waals surface area contributed by atoms with Crippen LogP contribution < -0.4 is 16.0 Å². The number of hydrogen-bond acceptors (Lipinski definition) is 4. The Morgan fingerprint density at radius 1 is 1.29 bits per heavy atom. The van der Waals surface area contributed by atoms with Gasteiger partial charge < -0.3 is 4.74 Å². The molecular weight excluding hydrogens is 287 g/mol. The van der Waals surface area contributed by atoms with E-state index < -0.39 is 0 Å². The third-order valence-electron chi connectivity index (χ3n) is 3.87. The summed E-state index contributed by atoms with van der Waals surface area (Å²) in [7, 11) is 1.47. The van der Waals surface area contributed by atoms with Crippen molar-refractivity contribution in [3.63, 3.8) is 0 Å². The molecule has 2 aromatic carbocycles. The smallest absolute Gasteiger partial charge is 0.169 e. The third kappa shape index (κ3) is 2.52. The number of nitrogens with two attached hydrogens (primary N) is 1. The van der Waals surface area contributed by atoms with E-state index in [0.717, 1.165) is 5.75 Å². The van der Waals surface area contributed by atoms with E-state index in [2.05, 4.69) is 17.6 Å². The Morgan fingerprint density at radius 3 is 2.86 bits per heavy atom. The quantitative estimate of drug-likeness (QED) is 0.672. The number of nitrogens with one attached hydrogen (secondary N) is 1. The lowest BCUT2D eigenvalue weighted by atomic mass is 9.88. The van der Waals surface area contributed by atoms with Gasteiger partial charge in [-0.25, -0.2) is 4.39 Å². The minimum atomic E-state index is -0.350. The second-order valence-electron chi connectivity index (χ2n) is 4.96. The standard InChI is InChI=1S/C16H17FN2OS/c1-20-13-7-4-6-11(15(13)17)16(19-18)12-9-21-14-8-3-2-5-10(12)14/h2-8,12,16,19H,9,18H2,1H3. The highest BCUT2D eigenvalue weighted by Gasteiger charge is 2.32. The molecule has 0 aliphatic carbocycles. The van der Waals surface area contributed by atoms with E-state index in [1.54, 1.807) is 30.0 Å². The summed E-state index contributed by atoms with van der Waals surface area (Å²) in [5.74, 6) is 6.64. The van der Waals surface area contributed by atoms with Crippen LogP contribution in [0.15, 0.2) is 47.4 Å². The van der Waals surface area contributed by atoms with Gasteiger partial charge in [-0.1, -0.05) is 30.3 Å². The zero-order valence-electron chi connectivity index (χ0n) is 11.7. The molecule has 0 saturated carbocycles. The first-order chi connectivity index (χ1) is 10.3. The van der Waals surface area contributed by atoms with E-state index in [0.29, 0.717) is 5.56 Å². The normalized spacial score (nSPS) is 18.3. The minimum Gasteiger partial charge on any atom is -0.494 e. The lowest BCUT2D eigenvalue weighted by Gasteiger charge is -2.24. The third-order valence-corrected chi connectivity index (χ3v) is 5.08. The maximum Gasteiger partial charge on any atom is 0.169 e. The lowest BCUT2D eigenvalue weighted by molar-refractivity contribution is 0.375. The highest BCUT2D eigenvalue weighted by Crippen LogP contribution is 2.46. The van der Waals surface area contributed by atoms with Gasteiger partial charge in [-0.15, -0.1) is 11.8 Å². The first kappa shape index (κ1) is 14.4. The molecule has 0 spiro atoms. The van der Waals surface area contributed by atoms with Crippen molar-refractivity contribution in [1.29, 1.82) is 0 Å². The van der Waals surface area contributed by atoms with Gasteiger partial charge >= 0.3 is 0 Å². The predicted octanol–water partition coefficient (Wildman–Crippen LogP) is 3.23. The maximum absolute atomic E-state index is 14.5. The van der Waals surface area contributed by atoms with Gasteiger partial charge in [-0.2, -0.15) is 0 Å². The van der Waals surface area contributed by atoms with Crippen molar-refractivity contribution in [3.8, 4) is 5.75 Å². The van der Waals surface area contributed by atoms with E-state index in [1.165, 1.54) is 17.6 Å². The Balaban J connectivity index is 2.01. The molecule has 3 rings (SSSR count). The Hall–Kier alpha value is -1.56. The van der Waals surface area contributed by atoms with Crippen molar-refractivity contribution in [3.05, 3.63) is 59.4 Å². The topological polar surface area (TPSA) is 47.3 Å². The number of halogens is 1. The number of fused-ring (bicyclic) bond motifs is 1. The second-order valence-corrected chi connectivity index (χ2v) is 6.02. The molecular formula is C16H17FN2OS. The first-order valence-corrected chi connectivity index (χ1v) is 7.75. The predicted molar refractivity (Wildman–Crippen MR) is 82.9 cm³/mol. The van der Waals surface area contributed by atoms with Crippen molar-refractivity contribution >= 4 is 11.8 Å². The Morgan fingerprint density at radius 2 is 2.10 bits per heavy atom. The van der Waals surface area contributed by atoms with Crippen LogP contribution in [0.1, 0.15) is 23.1 Å². The molecule has 2 aromatic rings.